The molecule has 0 amide bonds. The average Bonchev–Trinajstić information content (AvgIpc) is 2.79. The Kier molecular flexibility index (Phi) is 5.37. The highest BCUT2D eigenvalue weighted by atomic mass is 16.6. The lowest BCUT2D eigenvalue weighted by atomic mass is 10.2. The minimum atomic E-state index is -0.398. The van der Waals surface area contributed by atoms with Gasteiger partial charge in [-0.3, -0.25) is 10.1 Å². The fourth-order valence-electron chi connectivity index (χ4n) is 3.52. The molecule has 7 heteroatoms. The van der Waals surface area contributed by atoms with E-state index in [2.05, 4.69) is 46.0 Å². The quantitative estimate of drug-likeness (QED) is 0.486. The molecule has 1 fully saturated rings. The number of rotatable bonds is 5. The maximum absolute atomic E-state index is 10.9. The van der Waals surface area contributed by atoms with E-state index in [4.69, 9.17) is 4.98 Å². The number of aryl methyl sites for hydroxylation is 1. The first-order chi connectivity index (χ1) is 14.1. The Morgan fingerprint density at radius 1 is 0.931 bits per heavy atom. The van der Waals surface area contributed by atoms with Crippen LogP contribution in [0.5, 0.6) is 0 Å². The van der Waals surface area contributed by atoms with Crippen LogP contribution in [0.2, 0.25) is 0 Å². The number of benzene rings is 2. The van der Waals surface area contributed by atoms with Crippen molar-refractivity contribution >= 4 is 17.2 Å². The Morgan fingerprint density at radius 3 is 2.21 bits per heavy atom. The summed E-state index contributed by atoms with van der Waals surface area (Å²) >= 11 is 0. The molecule has 0 saturated carbocycles. The first kappa shape index (κ1) is 18.9. The molecule has 0 unspecified atom stereocenters. The van der Waals surface area contributed by atoms with Crippen LogP contribution in [0.25, 0.3) is 11.4 Å². The highest BCUT2D eigenvalue weighted by molar-refractivity contribution is 5.60. The number of aromatic nitrogens is 2. The Morgan fingerprint density at radius 2 is 1.59 bits per heavy atom. The molecule has 4 rings (SSSR count). The normalized spacial score (nSPS) is 14.1. The summed E-state index contributed by atoms with van der Waals surface area (Å²) in [6, 6.07) is 18.9. The molecule has 2 aromatic carbocycles. The molecular formula is C22H23N5O2. The fourth-order valence-corrected chi connectivity index (χ4v) is 3.52. The van der Waals surface area contributed by atoms with E-state index in [1.807, 2.05) is 12.1 Å². The molecular weight excluding hydrogens is 366 g/mol. The fraction of sp³-hybridized carbons (Fsp3) is 0.273. The molecule has 7 nitrogen and oxygen atoms in total. The zero-order valence-corrected chi connectivity index (χ0v) is 16.4. The second-order valence-corrected chi connectivity index (χ2v) is 7.01. The van der Waals surface area contributed by atoms with Gasteiger partial charge < -0.3 is 9.80 Å². The molecule has 2 heterocycles. The lowest BCUT2D eigenvalue weighted by Gasteiger charge is -2.37. The van der Waals surface area contributed by atoms with Crippen molar-refractivity contribution in [2.75, 3.05) is 36.0 Å². The number of piperazine rings is 1. The van der Waals surface area contributed by atoms with E-state index in [1.54, 1.807) is 12.1 Å². The van der Waals surface area contributed by atoms with Gasteiger partial charge in [0, 0.05) is 61.3 Å². The maximum atomic E-state index is 10.9. The summed E-state index contributed by atoms with van der Waals surface area (Å²) < 4.78 is 0. The minimum Gasteiger partial charge on any atom is -0.368 e. The number of nitrogens with zero attached hydrogens (tertiary/aromatic N) is 5. The summed E-state index contributed by atoms with van der Waals surface area (Å²) in [7, 11) is 0. The molecule has 0 bridgehead atoms. The van der Waals surface area contributed by atoms with E-state index in [1.165, 1.54) is 17.8 Å². The molecule has 1 aliphatic heterocycles. The highest BCUT2D eigenvalue weighted by Gasteiger charge is 2.20. The first-order valence-corrected chi connectivity index (χ1v) is 9.82. The number of nitro groups is 1. The standard InChI is InChI=1S/C22H23N5O2/c1-2-18-16-21(24-22(23-18)17-8-10-20(11-9-17)27(28)29)26-14-12-25(13-15-26)19-6-4-3-5-7-19/h3-11,16H,2,12-15H2,1H3. The summed E-state index contributed by atoms with van der Waals surface area (Å²) in [4.78, 5) is 24.6. The molecule has 0 aliphatic carbocycles. The van der Waals surface area contributed by atoms with E-state index in [-0.39, 0.29) is 5.69 Å². The van der Waals surface area contributed by atoms with E-state index >= 15 is 0 Å². The number of hydrogen-bond acceptors (Lipinski definition) is 6. The summed E-state index contributed by atoms with van der Waals surface area (Å²) in [5.74, 6) is 1.53. The number of para-hydroxylation sites is 1. The van der Waals surface area contributed by atoms with E-state index in [9.17, 15) is 10.1 Å². The predicted octanol–water partition coefficient (Wildman–Crippen LogP) is 3.94. The molecule has 1 aliphatic rings. The van der Waals surface area contributed by atoms with Crippen LogP contribution in [0.1, 0.15) is 12.6 Å². The minimum absolute atomic E-state index is 0.0673. The van der Waals surface area contributed by atoms with E-state index in [0.717, 1.165) is 49.7 Å². The van der Waals surface area contributed by atoms with Gasteiger partial charge in [-0.25, -0.2) is 9.97 Å². The van der Waals surface area contributed by atoms with E-state index < -0.39 is 4.92 Å². The smallest absolute Gasteiger partial charge is 0.269 e. The number of hydrogen-bond donors (Lipinski definition) is 0. The van der Waals surface area contributed by atoms with Crippen LogP contribution in [-0.2, 0) is 6.42 Å². The molecule has 0 spiro atoms. The van der Waals surface area contributed by atoms with Gasteiger partial charge in [0.1, 0.15) is 5.82 Å². The SMILES string of the molecule is CCc1cc(N2CCN(c3ccccc3)CC2)nc(-c2ccc([N+](=O)[O-])cc2)n1. The lowest BCUT2D eigenvalue weighted by molar-refractivity contribution is -0.384. The van der Waals surface area contributed by atoms with Crippen LogP contribution in [0, 0.1) is 10.1 Å². The Hall–Kier alpha value is -3.48. The third-order valence-corrected chi connectivity index (χ3v) is 5.19. The predicted molar refractivity (Wildman–Crippen MR) is 114 cm³/mol. The third kappa shape index (κ3) is 4.18. The van der Waals surface area contributed by atoms with Crippen LogP contribution in [0.4, 0.5) is 17.2 Å². The monoisotopic (exact) mass is 389 g/mol. The van der Waals surface area contributed by atoms with Crippen molar-refractivity contribution in [3.63, 3.8) is 0 Å². The van der Waals surface area contributed by atoms with Gasteiger partial charge in [-0.05, 0) is 30.7 Å². The maximum Gasteiger partial charge on any atom is 0.269 e. The average molecular weight is 389 g/mol. The van der Waals surface area contributed by atoms with Crippen molar-refractivity contribution in [2.45, 2.75) is 13.3 Å². The topological polar surface area (TPSA) is 75.4 Å². The summed E-state index contributed by atoms with van der Waals surface area (Å²) in [6.45, 7) is 5.70. The van der Waals surface area contributed by atoms with Crippen LogP contribution in [0.15, 0.2) is 60.7 Å². The van der Waals surface area contributed by atoms with Gasteiger partial charge in [-0.15, -0.1) is 0 Å². The number of nitro benzene ring substituents is 1. The molecule has 1 aromatic heterocycles. The Labute approximate surface area is 169 Å². The van der Waals surface area contributed by atoms with Crippen LogP contribution < -0.4 is 9.80 Å². The highest BCUT2D eigenvalue weighted by Crippen LogP contribution is 2.24. The number of non-ortho nitro benzene ring substituents is 1. The van der Waals surface area contributed by atoms with Crippen molar-refractivity contribution < 1.29 is 4.92 Å². The van der Waals surface area contributed by atoms with Crippen molar-refractivity contribution in [3.05, 3.63) is 76.5 Å². The van der Waals surface area contributed by atoms with Gasteiger partial charge >= 0.3 is 0 Å². The Balaban J connectivity index is 1.55. The molecule has 1 saturated heterocycles. The van der Waals surface area contributed by atoms with Crippen LogP contribution >= 0.6 is 0 Å². The Bertz CT molecular complexity index is 984. The summed E-state index contributed by atoms with van der Waals surface area (Å²) in [5, 5.41) is 10.9. The second-order valence-electron chi connectivity index (χ2n) is 7.01. The molecule has 3 aromatic rings. The van der Waals surface area contributed by atoms with Crippen molar-refractivity contribution in [1.29, 1.82) is 0 Å². The lowest BCUT2D eigenvalue weighted by Crippen LogP contribution is -2.46. The van der Waals surface area contributed by atoms with Crippen molar-refractivity contribution in [2.24, 2.45) is 0 Å². The molecule has 0 N–H and O–H groups in total. The van der Waals surface area contributed by atoms with Gasteiger partial charge in [0.2, 0.25) is 0 Å². The van der Waals surface area contributed by atoms with E-state index in [0.29, 0.717) is 5.82 Å². The van der Waals surface area contributed by atoms with Crippen molar-refractivity contribution in [3.8, 4) is 11.4 Å². The molecule has 148 valence electrons. The number of anilines is 2. The zero-order chi connectivity index (χ0) is 20.2. The van der Waals surface area contributed by atoms with Crippen molar-refractivity contribution in [1.82, 2.24) is 9.97 Å². The van der Waals surface area contributed by atoms with Gasteiger partial charge in [-0.1, -0.05) is 25.1 Å². The van der Waals surface area contributed by atoms with Crippen LogP contribution in [0.3, 0.4) is 0 Å². The molecule has 0 atom stereocenters. The zero-order valence-electron chi connectivity index (χ0n) is 16.4. The first-order valence-electron chi connectivity index (χ1n) is 9.82. The van der Waals surface area contributed by atoms with Gasteiger partial charge in [0.15, 0.2) is 5.82 Å². The van der Waals surface area contributed by atoms with Gasteiger partial charge in [0.25, 0.3) is 5.69 Å². The largest absolute Gasteiger partial charge is 0.368 e. The summed E-state index contributed by atoms with van der Waals surface area (Å²) in [6.07, 6.45) is 0.805. The second kappa shape index (κ2) is 8.26. The van der Waals surface area contributed by atoms with Gasteiger partial charge in [0.05, 0.1) is 4.92 Å². The molecule has 0 radical (unpaired) electrons. The van der Waals surface area contributed by atoms with Gasteiger partial charge in [-0.2, -0.15) is 0 Å². The summed E-state index contributed by atoms with van der Waals surface area (Å²) in [5.41, 5.74) is 3.07. The molecule has 29 heavy (non-hydrogen) atoms. The third-order valence-electron chi connectivity index (χ3n) is 5.19. The van der Waals surface area contributed by atoms with Crippen LogP contribution in [-0.4, -0.2) is 41.1 Å².